The Morgan fingerprint density at radius 1 is 1.00 bits per heavy atom. The van der Waals surface area contributed by atoms with Crippen LogP contribution >= 0.6 is 0 Å². The van der Waals surface area contributed by atoms with Gasteiger partial charge < -0.3 is 5.11 Å². The first-order valence-electron chi connectivity index (χ1n) is 7.31. The van der Waals surface area contributed by atoms with E-state index in [0.29, 0.717) is 0 Å². The first-order chi connectivity index (χ1) is 8.62. The smallest absolute Gasteiger partial charge is 0.327 e. The zero-order chi connectivity index (χ0) is 14.2. The van der Waals surface area contributed by atoms with Crippen LogP contribution in [0.15, 0.2) is 12.7 Å². The van der Waals surface area contributed by atoms with E-state index in [0.717, 1.165) is 6.08 Å². The summed E-state index contributed by atoms with van der Waals surface area (Å²) in [4.78, 5) is 9.25. The Kier molecular flexibility index (Phi) is 18.0. The lowest BCUT2D eigenvalue weighted by Crippen LogP contribution is -2.11. The Hall–Kier alpha value is -0.573. The van der Waals surface area contributed by atoms with E-state index in [1.54, 1.807) is 18.1 Å². The number of carboxylic acid groups (broad SMARTS) is 1. The van der Waals surface area contributed by atoms with Crippen LogP contribution in [0.5, 0.6) is 0 Å². The van der Waals surface area contributed by atoms with Crippen molar-refractivity contribution in [2.24, 2.45) is 0 Å². The van der Waals surface area contributed by atoms with Crippen molar-refractivity contribution < 1.29 is 9.90 Å². The summed E-state index contributed by atoms with van der Waals surface area (Å²) in [7, 11) is 0.0675. The SMILES string of the molecule is C=CC(=O)O.CCCC[Si](CCCC)CCCC. The molecule has 0 aromatic carbocycles. The second-order valence-electron chi connectivity index (χ2n) is 4.60. The van der Waals surface area contributed by atoms with Crippen LogP contribution in [0.4, 0.5) is 0 Å². The van der Waals surface area contributed by atoms with Crippen LogP contribution in [0.25, 0.3) is 0 Å². The molecule has 107 valence electrons. The van der Waals surface area contributed by atoms with Gasteiger partial charge >= 0.3 is 5.97 Å². The average Bonchev–Trinajstić information content (AvgIpc) is 2.38. The average molecular weight is 271 g/mol. The van der Waals surface area contributed by atoms with E-state index in [4.69, 9.17) is 5.11 Å². The molecule has 0 aromatic heterocycles. The summed E-state index contributed by atoms with van der Waals surface area (Å²) in [6.45, 7) is 9.92. The lowest BCUT2D eigenvalue weighted by molar-refractivity contribution is -0.131. The van der Waals surface area contributed by atoms with Gasteiger partial charge in [0.05, 0.1) is 0 Å². The fourth-order valence-electron chi connectivity index (χ4n) is 1.66. The summed E-state index contributed by atoms with van der Waals surface area (Å²) in [6, 6.07) is 4.75. The topological polar surface area (TPSA) is 37.3 Å². The zero-order valence-corrected chi connectivity index (χ0v) is 13.5. The highest BCUT2D eigenvalue weighted by Gasteiger charge is 2.08. The van der Waals surface area contributed by atoms with Gasteiger partial charge in [-0.3, -0.25) is 0 Å². The number of carbonyl (C=O) groups is 1. The molecule has 0 aliphatic carbocycles. The Morgan fingerprint density at radius 2 is 1.28 bits per heavy atom. The standard InChI is InChI=1S/C12H27Si.C3H4O2/c1-4-7-10-13(11-8-5-2)12-9-6-3;1-2-3(4)5/h4-12H2,1-3H3;2H,1H2,(H,4,5). The maximum absolute atomic E-state index is 9.25. The van der Waals surface area contributed by atoms with Crippen molar-refractivity contribution in [1.82, 2.24) is 0 Å². The van der Waals surface area contributed by atoms with E-state index in [-0.39, 0.29) is 8.80 Å². The van der Waals surface area contributed by atoms with Gasteiger partial charge in [-0.05, 0) is 0 Å². The summed E-state index contributed by atoms with van der Waals surface area (Å²) >= 11 is 0. The molecule has 0 saturated heterocycles. The molecular formula is C15H31O2Si. The van der Waals surface area contributed by atoms with E-state index in [1.165, 1.54) is 38.5 Å². The minimum Gasteiger partial charge on any atom is -0.478 e. The molecule has 0 heterocycles. The summed E-state index contributed by atoms with van der Waals surface area (Å²) in [6.07, 6.45) is 9.48. The third kappa shape index (κ3) is 17.8. The Morgan fingerprint density at radius 3 is 1.44 bits per heavy atom. The zero-order valence-electron chi connectivity index (χ0n) is 12.5. The van der Waals surface area contributed by atoms with Gasteiger partial charge in [0.2, 0.25) is 0 Å². The van der Waals surface area contributed by atoms with Gasteiger partial charge in [-0.25, -0.2) is 4.79 Å². The van der Waals surface area contributed by atoms with Gasteiger partial charge in [-0.1, -0.05) is 84.0 Å². The molecule has 2 nitrogen and oxygen atoms in total. The predicted molar refractivity (Wildman–Crippen MR) is 82.7 cm³/mol. The largest absolute Gasteiger partial charge is 0.478 e. The van der Waals surface area contributed by atoms with Crippen molar-refractivity contribution in [3.8, 4) is 0 Å². The van der Waals surface area contributed by atoms with Crippen molar-refractivity contribution in [2.45, 2.75) is 77.4 Å². The lowest BCUT2D eigenvalue weighted by Gasteiger charge is -2.13. The van der Waals surface area contributed by atoms with Gasteiger partial charge in [0.25, 0.3) is 0 Å². The van der Waals surface area contributed by atoms with Crippen LogP contribution in [-0.4, -0.2) is 19.9 Å². The van der Waals surface area contributed by atoms with Crippen LogP contribution in [-0.2, 0) is 4.79 Å². The fraction of sp³-hybridized carbons (Fsp3) is 0.800. The van der Waals surface area contributed by atoms with Crippen LogP contribution in [0.3, 0.4) is 0 Å². The third-order valence-corrected chi connectivity index (χ3v) is 6.01. The highest BCUT2D eigenvalue weighted by Crippen LogP contribution is 2.16. The second-order valence-corrected chi connectivity index (χ2v) is 7.60. The molecule has 0 bridgehead atoms. The molecule has 1 N–H and O–H groups in total. The maximum Gasteiger partial charge on any atom is 0.327 e. The van der Waals surface area contributed by atoms with Gasteiger partial charge in [0.1, 0.15) is 0 Å². The molecule has 1 radical (unpaired) electrons. The maximum atomic E-state index is 9.25. The van der Waals surface area contributed by atoms with Crippen molar-refractivity contribution in [3.63, 3.8) is 0 Å². The summed E-state index contributed by atoms with van der Waals surface area (Å²) < 4.78 is 0. The van der Waals surface area contributed by atoms with Crippen molar-refractivity contribution in [1.29, 1.82) is 0 Å². The van der Waals surface area contributed by atoms with Crippen molar-refractivity contribution >= 4 is 14.8 Å². The van der Waals surface area contributed by atoms with E-state index >= 15 is 0 Å². The molecule has 0 spiro atoms. The molecule has 0 aliphatic rings. The Balaban J connectivity index is 0. The number of carboxylic acids is 1. The molecular weight excluding hydrogens is 240 g/mol. The summed E-state index contributed by atoms with van der Waals surface area (Å²) in [5.41, 5.74) is 0. The Bertz CT molecular complexity index is 174. The first-order valence-corrected chi connectivity index (χ1v) is 9.43. The first kappa shape index (κ1) is 19.8. The molecule has 0 aliphatic heterocycles. The third-order valence-electron chi connectivity index (χ3n) is 2.83. The molecule has 3 heteroatoms. The molecule has 18 heavy (non-hydrogen) atoms. The number of unbranched alkanes of at least 4 members (excludes halogenated alkanes) is 3. The van der Waals surface area contributed by atoms with Gasteiger partial charge in [0, 0.05) is 14.9 Å². The monoisotopic (exact) mass is 271 g/mol. The van der Waals surface area contributed by atoms with E-state index in [9.17, 15) is 4.79 Å². The van der Waals surface area contributed by atoms with Crippen LogP contribution in [0, 0.1) is 0 Å². The highest BCUT2D eigenvalue weighted by atomic mass is 28.3. The number of aliphatic carboxylic acids is 1. The van der Waals surface area contributed by atoms with Gasteiger partial charge in [0.15, 0.2) is 0 Å². The molecule has 0 aromatic rings. The number of hydrogen-bond donors (Lipinski definition) is 1. The van der Waals surface area contributed by atoms with Crippen LogP contribution in [0.1, 0.15) is 59.3 Å². The lowest BCUT2D eigenvalue weighted by atomic mass is 10.4. The van der Waals surface area contributed by atoms with Crippen molar-refractivity contribution in [2.75, 3.05) is 0 Å². The Labute approximate surface area is 115 Å². The molecule has 0 amide bonds. The van der Waals surface area contributed by atoms with E-state index in [2.05, 4.69) is 27.4 Å². The quantitative estimate of drug-likeness (QED) is 0.441. The van der Waals surface area contributed by atoms with Crippen molar-refractivity contribution in [3.05, 3.63) is 12.7 Å². The molecule has 0 atom stereocenters. The van der Waals surface area contributed by atoms with Crippen LogP contribution < -0.4 is 0 Å². The molecule has 0 saturated carbocycles. The van der Waals surface area contributed by atoms with Gasteiger partial charge in [-0.2, -0.15) is 0 Å². The normalized spacial score (nSPS) is 9.78. The second kappa shape index (κ2) is 16.4. The fourth-order valence-corrected chi connectivity index (χ4v) is 4.97. The predicted octanol–water partition coefficient (Wildman–Crippen LogP) is 5.14. The van der Waals surface area contributed by atoms with Gasteiger partial charge in [-0.15, -0.1) is 0 Å². The summed E-state index contributed by atoms with van der Waals surface area (Å²) in [5.74, 6) is -0.981. The summed E-state index contributed by atoms with van der Waals surface area (Å²) in [5, 5.41) is 7.60. The molecule has 0 fully saturated rings. The molecule has 0 unspecified atom stereocenters. The van der Waals surface area contributed by atoms with Crippen LogP contribution in [0.2, 0.25) is 18.1 Å². The van der Waals surface area contributed by atoms with E-state index in [1.807, 2.05) is 0 Å². The highest BCUT2D eigenvalue weighted by molar-refractivity contribution is 6.58. The minimum absolute atomic E-state index is 0.0675. The minimum atomic E-state index is -0.981. The molecule has 0 rings (SSSR count). The number of hydrogen-bond acceptors (Lipinski definition) is 1. The van der Waals surface area contributed by atoms with E-state index < -0.39 is 5.97 Å². The number of rotatable bonds is 10.